The van der Waals surface area contributed by atoms with Crippen molar-refractivity contribution in [2.24, 2.45) is 0 Å². The lowest BCUT2D eigenvalue weighted by molar-refractivity contribution is 0.582. The lowest BCUT2D eigenvalue weighted by Gasteiger charge is -2.10. The summed E-state index contributed by atoms with van der Waals surface area (Å²) in [5.74, 6) is 0.534. The average molecular weight is 376 g/mol. The van der Waals surface area contributed by atoms with Crippen LogP contribution in [0.15, 0.2) is 73.1 Å². The van der Waals surface area contributed by atoms with Crippen LogP contribution < -0.4 is 5.32 Å². The molecule has 0 radical (unpaired) electrons. The molecular formula is C21H21N4OP. The van der Waals surface area contributed by atoms with E-state index in [9.17, 15) is 4.57 Å². The maximum Gasteiger partial charge on any atom is 0.229 e. The molecule has 5 nitrogen and oxygen atoms in total. The number of aromatic nitrogens is 3. The van der Waals surface area contributed by atoms with Gasteiger partial charge in [-0.2, -0.15) is 4.98 Å². The number of rotatable bonds is 5. The van der Waals surface area contributed by atoms with Crippen molar-refractivity contribution in [1.82, 2.24) is 14.5 Å². The first-order valence-corrected chi connectivity index (χ1v) is 11.6. The van der Waals surface area contributed by atoms with Crippen LogP contribution in [0.4, 0.5) is 11.6 Å². The minimum atomic E-state index is -2.12. The molecule has 0 saturated heterocycles. The first-order valence-electron chi connectivity index (χ1n) is 8.77. The third-order valence-corrected chi connectivity index (χ3v) is 5.33. The third kappa shape index (κ3) is 4.09. The van der Waals surface area contributed by atoms with Crippen LogP contribution in [-0.4, -0.2) is 27.9 Å². The van der Waals surface area contributed by atoms with Crippen molar-refractivity contribution < 1.29 is 4.57 Å². The van der Waals surface area contributed by atoms with Gasteiger partial charge < -0.3 is 14.4 Å². The summed E-state index contributed by atoms with van der Waals surface area (Å²) in [6, 6.07) is 20.0. The van der Waals surface area contributed by atoms with Gasteiger partial charge in [-0.05, 0) is 49.2 Å². The van der Waals surface area contributed by atoms with Gasteiger partial charge in [-0.25, -0.2) is 4.98 Å². The van der Waals surface area contributed by atoms with Gasteiger partial charge in [0.15, 0.2) is 0 Å². The van der Waals surface area contributed by atoms with Crippen molar-refractivity contribution in [1.29, 1.82) is 0 Å². The van der Waals surface area contributed by atoms with E-state index in [0.29, 0.717) is 12.1 Å². The normalized spacial score (nSPS) is 11.6. The molecule has 4 aromatic rings. The van der Waals surface area contributed by atoms with Gasteiger partial charge in [-0.1, -0.05) is 30.3 Å². The Hall–Kier alpha value is -2.91. The Morgan fingerprint density at radius 1 is 1.04 bits per heavy atom. The molecule has 2 aromatic heterocycles. The quantitative estimate of drug-likeness (QED) is 0.481. The Morgan fingerprint density at radius 2 is 1.85 bits per heavy atom. The monoisotopic (exact) mass is 376 g/mol. The van der Waals surface area contributed by atoms with Crippen LogP contribution in [0.25, 0.3) is 16.7 Å². The van der Waals surface area contributed by atoms with Crippen LogP contribution >= 0.6 is 7.14 Å². The molecule has 0 fully saturated rings. The molecule has 2 aromatic carbocycles. The zero-order valence-corrected chi connectivity index (χ0v) is 16.2. The molecule has 0 bridgehead atoms. The standard InChI is InChI=1S/C21H21N4OP/c1-27(2,26)15-16-7-6-8-18(13-16)23-21-22-14-17-11-12-25(20(17)24-21)19-9-4-3-5-10-19/h3-14H,15H2,1-2H3,(H,22,23,24). The lowest BCUT2D eigenvalue weighted by Crippen LogP contribution is -2.00. The fourth-order valence-electron chi connectivity index (χ4n) is 3.09. The van der Waals surface area contributed by atoms with Crippen molar-refractivity contribution in [2.45, 2.75) is 6.16 Å². The van der Waals surface area contributed by atoms with E-state index in [4.69, 9.17) is 4.98 Å². The molecule has 0 spiro atoms. The van der Waals surface area contributed by atoms with Crippen molar-refractivity contribution in [2.75, 3.05) is 18.6 Å². The summed E-state index contributed by atoms with van der Waals surface area (Å²) in [5.41, 5.74) is 3.84. The number of fused-ring (bicyclic) bond motifs is 1. The minimum absolute atomic E-state index is 0.534. The highest BCUT2D eigenvalue weighted by Crippen LogP contribution is 2.40. The fraction of sp³-hybridized carbons (Fsp3) is 0.143. The predicted octanol–water partition coefficient (Wildman–Crippen LogP) is 5.29. The summed E-state index contributed by atoms with van der Waals surface area (Å²) in [6.07, 6.45) is 4.40. The predicted molar refractivity (Wildman–Crippen MR) is 112 cm³/mol. The van der Waals surface area contributed by atoms with E-state index >= 15 is 0 Å². The van der Waals surface area contributed by atoms with Crippen LogP contribution in [0.5, 0.6) is 0 Å². The Bertz CT molecular complexity index is 1130. The van der Waals surface area contributed by atoms with Gasteiger partial charge in [-0.3, -0.25) is 0 Å². The lowest BCUT2D eigenvalue weighted by atomic mass is 10.2. The first-order chi connectivity index (χ1) is 13.0. The Labute approximate surface area is 158 Å². The summed E-state index contributed by atoms with van der Waals surface area (Å²) >= 11 is 0. The molecule has 0 unspecified atom stereocenters. The second-order valence-corrected chi connectivity index (χ2v) is 10.5. The van der Waals surface area contributed by atoms with E-state index in [1.165, 1.54) is 0 Å². The van der Waals surface area contributed by atoms with Crippen molar-refractivity contribution in [3.05, 3.63) is 78.6 Å². The van der Waals surface area contributed by atoms with Crippen LogP contribution in [0.1, 0.15) is 5.56 Å². The molecule has 0 saturated carbocycles. The van der Waals surface area contributed by atoms with Crippen LogP contribution in [0.2, 0.25) is 0 Å². The average Bonchev–Trinajstić information content (AvgIpc) is 3.04. The highest BCUT2D eigenvalue weighted by molar-refractivity contribution is 7.61. The van der Waals surface area contributed by atoms with E-state index in [0.717, 1.165) is 28.0 Å². The molecule has 2 heterocycles. The Kier molecular flexibility index (Phi) is 4.54. The van der Waals surface area contributed by atoms with E-state index in [-0.39, 0.29) is 0 Å². The van der Waals surface area contributed by atoms with Gasteiger partial charge in [0, 0.05) is 35.3 Å². The van der Waals surface area contributed by atoms with Crippen LogP contribution in [0, 0.1) is 0 Å². The molecule has 27 heavy (non-hydrogen) atoms. The highest BCUT2D eigenvalue weighted by Gasteiger charge is 2.10. The van der Waals surface area contributed by atoms with Gasteiger partial charge in [-0.15, -0.1) is 0 Å². The molecule has 0 aliphatic carbocycles. The minimum Gasteiger partial charge on any atom is -0.324 e. The third-order valence-electron chi connectivity index (χ3n) is 4.21. The van der Waals surface area contributed by atoms with Crippen LogP contribution in [-0.2, 0) is 10.7 Å². The first kappa shape index (κ1) is 17.5. The van der Waals surface area contributed by atoms with Gasteiger partial charge in [0.2, 0.25) is 5.95 Å². The second-order valence-electron chi connectivity index (χ2n) is 7.05. The van der Waals surface area contributed by atoms with E-state index < -0.39 is 7.14 Å². The van der Waals surface area contributed by atoms with Gasteiger partial charge in [0.25, 0.3) is 0 Å². The number of hydrogen-bond acceptors (Lipinski definition) is 4. The van der Waals surface area contributed by atoms with Gasteiger partial charge >= 0.3 is 0 Å². The van der Waals surface area contributed by atoms with Crippen molar-refractivity contribution in [3.8, 4) is 5.69 Å². The van der Waals surface area contributed by atoms with Gasteiger partial charge in [0.1, 0.15) is 5.65 Å². The zero-order chi connectivity index (χ0) is 18.9. The van der Waals surface area contributed by atoms with Crippen molar-refractivity contribution in [3.63, 3.8) is 0 Å². The SMILES string of the molecule is CP(C)(=O)Cc1cccc(Nc2ncc3ccn(-c4ccccc4)c3n2)c1. The van der Waals surface area contributed by atoms with Gasteiger partial charge in [0.05, 0.1) is 7.14 Å². The topological polar surface area (TPSA) is 59.8 Å². The molecule has 4 rings (SSSR count). The Balaban J connectivity index is 1.65. The molecule has 0 amide bonds. The number of para-hydroxylation sites is 1. The zero-order valence-electron chi connectivity index (χ0n) is 15.3. The molecule has 136 valence electrons. The molecule has 0 aliphatic heterocycles. The summed E-state index contributed by atoms with van der Waals surface area (Å²) in [6.45, 7) is 3.61. The number of nitrogens with zero attached hydrogens (tertiary/aromatic N) is 3. The maximum atomic E-state index is 12.1. The van der Waals surface area contributed by atoms with Crippen LogP contribution in [0.3, 0.4) is 0 Å². The smallest absolute Gasteiger partial charge is 0.229 e. The fourth-order valence-corrected chi connectivity index (χ4v) is 4.17. The molecule has 0 aliphatic rings. The summed E-state index contributed by atoms with van der Waals surface area (Å²) < 4.78 is 14.1. The number of benzene rings is 2. The molecule has 6 heteroatoms. The largest absolute Gasteiger partial charge is 0.324 e. The van der Waals surface area contributed by atoms with E-state index in [2.05, 4.69) is 10.3 Å². The second kappa shape index (κ2) is 7.01. The molecule has 1 N–H and O–H groups in total. The number of nitrogens with one attached hydrogen (secondary N) is 1. The van der Waals surface area contributed by atoms with Crippen molar-refractivity contribution >= 4 is 29.8 Å². The number of hydrogen-bond donors (Lipinski definition) is 1. The van der Waals surface area contributed by atoms with E-state index in [1.54, 1.807) is 0 Å². The molecular weight excluding hydrogens is 355 g/mol. The summed E-state index contributed by atoms with van der Waals surface area (Å²) in [4.78, 5) is 9.12. The Morgan fingerprint density at radius 3 is 2.63 bits per heavy atom. The highest BCUT2D eigenvalue weighted by atomic mass is 31.2. The number of anilines is 2. The summed E-state index contributed by atoms with van der Waals surface area (Å²) in [5, 5.41) is 4.25. The van der Waals surface area contributed by atoms with E-state index in [1.807, 2.05) is 91.0 Å². The summed E-state index contributed by atoms with van der Waals surface area (Å²) in [7, 11) is -2.12. The maximum absolute atomic E-state index is 12.1. The molecule has 0 atom stereocenters.